The van der Waals surface area contributed by atoms with Gasteiger partial charge in [-0.15, -0.1) is 0 Å². The van der Waals surface area contributed by atoms with E-state index in [2.05, 4.69) is 10.3 Å². The molecule has 1 amide bonds. The van der Waals surface area contributed by atoms with Gasteiger partial charge in [0.05, 0.1) is 12.6 Å². The maximum atomic E-state index is 11.1. The van der Waals surface area contributed by atoms with Crippen LogP contribution in [0.2, 0.25) is 0 Å². The van der Waals surface area contributed by atoms with Crippen LogP contribution in [0.15, 0.2) is 46.9 Å². The number of rotatable bonds is 8. The van der Waals surface area contributed by atoms with Gasteiger partial charge in [0.1, 0.15) is 23.6 Å². The molecule has 1 aromatic heterocycles. The zero-order valence-electron chi connectivity index (χ0n) is 16.1. The van der Waals surface area contributed by atoms with Crippen LogP contribution in [0, 0.1) is 5.92 Å². The fourth-order valence-corrected chi connectivity index (χ4v) is 2.95. The van der Waals surface area contributed by atoms with Crippen LogP contribution >= 0.6 is 0 Å². The van der Waals surface area contributed by atoms with E-state index in [9.17, 15) is 4.79 Å². The summed E-state index contributed by atoms with van der Waals surface area (Å²) < 4.78 is 17.5. The molecule has 1 aliphatic rings. The third-order valence-electron chi connectivity index (χ3n) is 4.57. The summed E-state index contributed by atoms with van der Waals surface area (Å²) in [5.74, 6) is 2.70. The molecule has 0 bridgehead atoms. The second-order valence-electron chi connectivity index (χ2n) is 7.34. The Morgan fingerprint density at radius 3 is 2.82 bits per heavy atom. The fraction of sp³-hybridized carbons (Fsp3) is 0.364. The number of hydrogen-bond donors (Lipinski definition) is 1. The van der Waals surface area contributed by atoms with Crippen molar-refractivity contribution in [1.29, 1.82) is 0 Å². The molecule has 1 atom stereocenters. The molecule has 4 rings (SSSR count). The molecular formula is C22H24N2O4. The summed E-state index contributed by atoms with van der Waals surface area (Å²) in [6, 6.07) is 13.3. The van der Waals surface area contributed by atoms with Crippen molar-refractivity contribution in [1.82, 2.24) is 10.3 Å². The van der Waals surface area contributed by atoms with E-state index in [1.54, 1.807) is 0 Å². The second kappa shape index (κ2) is 7.92. The predicted molar refractivity (Wildman–Crippen MR) is 106 cm³/mol. The van der Waals surface area contributed by atoms with Crippen LogP contribution < -0.4 is 14.8 Å². The molecule has 6 heteroatoms. The summed E-state index contributed by atoms with van der Waals surface area (Å²) in [5.41, 5.74) is 2.30. The quantitative estimate of drug-likeness (QED) is 0.634. The topological polar surface area (TPSA) is 73.6 Å². The van der Waals surface area contributed by atoms with Crippen LogP contribution in [0.5, 0.6) is 11.5 Å². The van der Waals surface area contributed by atoms with Gasteiger partial charge in [-0.05, 0) is 56.0 Å². The van der Waals surface area contributed by atoms with Crippen molar-refractivity contribution in [3.63, 3.8) is 0 Å². The Kier molecular flexibility index (Phi) is 5.19. The van der Waals surface area contributed by atoms with Crippen LogP contribution in [0.25, 0.3) is 22.6 Å². The van der Waals surface area contributed by atoms with Crippen molar-refractivity contribution in [2.75, 3.05) is 13.2 Å². The Morgan fingerprint density at radius 2 is 2.04 bits per heavy atom. The molecule has 1 N–H and O–H groups in total. The smallest absolute Gasteiger partial charge is 0.227 e. The molecule has 0 aliphatic heterocycles. The van der Waals surface area contributed by atoms with Gasteiger partial charge in [-0.3, -0.25) is 4.79 Å². The average molecular weight is 380 g/mol. The normalized spacial score (nSPS) is 14.6. The van der Waals surface area contributed by atoms with Crippen LogP contribution in [0.1, 0.15) is 26.7 Å². The number of oxazole rings is 1. The van der Waals surface area contributed by atoms with Crippen molar-refractivity contribution in [2.24, 2.45) is 5.92 Å². The first kappa shape index (κ1) is 18.3. The lowest BCUT2D eigenvalue weighted by Gasteiger charge is -2.13. The highest BCUT2D eigenvalue weighted by Gasteiger charge is 2.22. The molecule has 3 aromatic rings. The van der Waals surface area contributed by atoms with Gasteiger partial charge in [0.25, 0.3) is 0 Å². The Hall–Kier alpha value is -3.02. The second-order valence-corrected chi connectivity index (χ2v) is 7.34. The SMILES string of the molecule is CC(=O)N[C@@H](C)COc1ccc2nc(-c3cccc(OCC4CC4)c3)oc2c1. The van der Waals surface area contributed by atoms with Gasteiger partial charge < -0.3 is 19.2 Å². The standard InChI is InChI=1S/C22H24N2O4/c1-14(23-15(2)25)12-26-19-8-9-20-21(11-19)28-22(24-20)17-4-3-5-18(10-17)27-13-16-6-7-16/h3-5,8-11,14,16H,6-7,12-13H2,1-2H3,(H,23,25)/t14-/m0/s1. The lowest BCUT2D eigenvalue weighted by Crippen LogP contribution is -2.35. The Balaban J connectivity index is 1.47. The van der Waals surface area contributed by atoms with E-state index in [1.165, 1.54) is 19.8 Å². The first-order valence-corrected chi connectivity index (χ1v) is 9.60. The summed E-state index contributed by atoms with van der Waals surface area (Å²) in [6.07, 6.45) is 2.53. The number of fused-ring (bicyclic) bond motifs is 1. The number of ether oxygens (including phenoxy) is 2. The first-order valence-electron chi connectivity index (χ1n) is 9.60. The van der Waals surface area contributed by atoms with Crippen LogP contribution in [-0.2, 0) is 4.79 Å². The van der Waals surface area contributed by atoms with Crippen LogP contribution in [0.3, 0.4) is 0 Å². The van der Waals surface area contributed by atoms with Gasteiger partial charge in [0, 0.05) is 18.6 Å². The molecule has 146 valence electrons. The number of benzene rings is 2. The summed E-state index contributed by atoms with van der Waals surface area (Å²) >= 11 is 0. The number of hydrogen-bond acceptors (Lipinski definition) is 5. The van der Waals surface area contributed by atoms with E-state index < -0.39 is 0 Å². The summed E-state index contributed by atoms with van der Waals surface area (Å²) in [6.45, 7) is 4.54. The van der Waals surface area contributed by atoms with E-state index in [1.807, 2.05) is 49.4 Å². The number of nitrogens with one attached hydrogen (secondary N) is 1. The third kappa shape index (κ3) is 4.63. The molecule has 0 saturated heterocycles. The molecule has 6 nitrogen and oxygen atoms in total. The van der Waals surface area contributed by atoms with Crippen molar-refractivity contribution in [3.8, 4) is 23.0 Å². The summed E-state index contributed by atoms with van der Waals surface area (Å²) in [7, 11) is 0. The number of nitrogens with zero attached hydrogens (tertiary/aromatic N) is 1. The Labute approximate surface area is 163 Å². The molecule has 1 heterocycles. The van der Waals surface area contributed by atoms with Crippen LogP contribution in [0.4, 0.5) is 0 Å². The van der Waals surface area contributed by atoms with E-state index in [-0.39, 0.29) is 11.9 Å². The monoisotopic (exact) mass is 380 g/mol. The first-order chi connectivity index (χ1) is 13.6. The molecule has 0 radical (unpaired) electrons. The highest BCUT2D eigenvalue weighted by Crippen LogP contribution is 2.31. The van der Waals surface area contributed by atoms with Gasteiger partial charge in [0.2, 0.25) is 11.8 Å². The Bertz CT molecular complexity index is 978. The van der Waals surface area contributed by atoms with E-state index in [0.29, 0.717) is 29.7 Å². The number of aromatic nitrogens is 1. The minimum atomic E-state index is -0.0743. The number of amides is 1. The average Bonchev–Trinajstić information content (AvgIpc) is 3.41. The van der Waals surface area contributed by atoms with E-state index in [0.717, 1.165) is 23.4 Å². The van der Waals surface area contributed by atoms with E-state index in [4.69, 9.17) is 13.9 Å². The van der Waals surface area contributed by atoms with Gasteiger partial charge in [-0.2, -0.15) is 0 Å². The number of carbonyl (C=O) groups is 1. The third-order valence-corrected chi connectivity index (χ3v) is 4.57. The van der Waals surface area contributed by atoms with Gasteiger partial charge in [-0.25, -0.2) is 4.98 Å². The van der Waals surface area contributed by atoms with E-state index >= 15 is 0 Å². The highest BCUT2D eigenvalue weighted by atomic mass is 16.5. The largest absolute Gasteiger partial charge is 0.493 e. The maximum Gasteiger partial charge on any atom is 0.227 e. The molecule has 1 saturated carbocycles. The lowest BCUT2D eigenvalue weighted by atomic mass is 10.2. The van der Waals surface area contributed by atoms with Gasteiger partial charge >= 0.3 is 0 Å². The van der Waals surface area contributed by atoms with Crippen LogP contribution in [-0.4, -0.2) is 30.1 Å². The molecule has 1 fully saturated rings. The molecule has 28 heavy (non-hydrogen) atoms. The molecule has 0 unspecified atom stereocenters. The highest BCUT2D eigenvalue weighted by molar-refractivity contribution is 5.78. The fourth-order valence-electron chi connectivity index (χ4n) is 2.95. The van der Waals surface area contributed by atoms with Crippen molar-refractivity contribution < 1.29 is 18.7 Å². The van der Waals surface area contributed by atoms with Crippen molar-refractivity contribution in [2.45, 2.75) is 32.7 Å². The van der Waals surface area contributed by atoms with Crippen molar-refractivity contribution in [3.05, 3.63) is 42.5 Å². The molecular weight excluding hydrogens is 356 g/mol. The zero-order chi connectivity index (χ0) is 19.5. The zero-order valence-corrected chi connectivity index (χ0v) is 16.1. The lowest BCUT2D eigenvalue weighted by molar-refractivity contribution is -0.119. The van der Waals surface area contributed by atoms with Crippen molar-refractivity contribution >= 4 is 17.0 Å². The van der Waals surface area contributed by atoms with Gasteiger partial charge in [-0.1, -0.05) is 6.07 Å². The maximum absolute atomic E-state index is 11.1. The summed E-state index contributed by atoms with van der Waals surface area (Å²) in [5, 5.41) is 2.79. The minimum absolute atomic E-state index is 0.0723. The summed E-state index contributed by atoms with van der Waals surface area (Å²) in [4.78, 5) is 15.7. The Morgan fingerprint density at radius 1 is 1.21 bits per heavy atom. The predicted octanol–water partition coefficient (Wildman–Crippen LogP) is 4.19. The molecule has 2 aromatic carbocycles. The minimum Gasteiger partial charge on any atom is -0.493 e. The number of carbonyl (C=O) groups excluding carboxylic acids is 1. The van der Waals surface area contributed by atoms with Gasteiger partial charge in [0.15, 0.2) is 5.58 Å². The molecule has 0 spiro atoms. The molecule has 1 aliphatic carbocycles.